The highest BCUT2D eigenvalue weighted by atomic mass is 35.5. The van der Waals surface area contributed by atoms with E-state index >= 15 is 0 Å². The Labute approximate surface area is 351 Å². The number of halogens is 4. The zero-order chi connectivity index (χ0) is 41.8. The van der Waals surface area contributed by atoms with E-state index in [-0.39, 0.29) is 55.3 Å². The third-order valence-corrected chi connectivity index (χ3v) is 10.7. The van der Waals surface area contributed by atoms with Crippen molar-refractivity contribution >= 4 is 108 Å². The number of hydrogen-bond acceptors (Lipinski definition) is 9. The lowest BCUT2D eigenvalue weighted by Gasteiger charge is -2.23. The van der Waals surface area contributed by atoms with Crippen molar-refractivity contribution < 1.29 is 27.9 Å². The molecule has 1 fully saturated rings. The quantitative estimate of drug-likeness (QED) is 0.0980. The molecule has 1 saturated heterocycles. The minimum Gasteiger partial charge on any atom is -0.507 e. The standard InChI is InChI=1S/C39H41Cl4N7O6S/c1-7-33(56-27-16-22(4)36(51)23(5)17-27)38(52)45-25-9-11-28(41)32(20-25)47-37-34(39(53)50(48-37)35-29(42)18-24(40)19-30(35)43)46-31-12-10-26(15-21(31)3)49(8-2)14-13-44-57(6,54)55/h9-12,15-20,33,44,51H,7-8,13-14H2,1-6H3,(H,45,52)(H,47,48). The summed E-state index contributed by atoms with van der Waals surface area (Å²) in [7, 11) is -3.34. The maximum absolute atomic E-state index is 14.2. The van der Waals surface area contributed by atoms with E-state index in [0.717, 1.165) is 22.5 Å². The number of carbonyl (C=O) groups is 2. The summed E-state index contributed by atoms with van der Waals surface area (Å²) in [6.07, 6.45) is 0.595. The molecule has 302 valence electrons. The first-order chi connectivity index (χ1) is 26.9. The summed E-state index contributed by atoms with van der Waals surface area (Å²) < 4.78 is 31.7. The highest BCUT2D eigenvalue weighted by Crippen LogP contribution is 2.38. The maximum atomic E-state index is 14.2. The first-order valence-electron chi connectivity index (χ1n) is 17.7. The molecule has 0 radical (unpaired) electrons. The average Bonchev–Trinajstić information content (AvgIpc) is 3.42. The zero-order valence-electron chi connectivity index (χ0n) is 31.9. The fraction of sp³-hybridized carbons (Fsp3) is 0.282. The van der Waals surface area contributed by atoms with Gasteiger partial charge in [0.1, 0.15) is 17.2 Å². The molecular formula is C39H41Cl4N7O6S. The molecule has 1 heterocycles. The van der Waals surface area contributed by atoms with Gasteiger partial charge in [-0.2, -0.15) is 0 Å². The number of nitrogens with zero attached hydrogens (tertiary/aromatic N) is 4. The molecule has 4 aromatic rings. The minimum absolute atomic E-state index is 0.00538. The number of carbonyl (C=O) groups excluding carboxylic acids is 2. The van der Waals surface area contributed by atoms with Crippen molar-refractivity contribution in [3.8, 4) is 11.5 Å². The number of ether oxygens (including phenoxy) is 1. The lowest BCUT2D eigenvalue weighted by atomic mass is 10.1. The van der Waals surface area contributed by atoms with Crippen LogP contribution in [0.5, 0.6) is 11.5 Å². The number of aliphatic imine (C=N–C) groups is 2. The Morgan fingerprint density at radius 2 is 1.58 bits per heavy atom. The zero-order valence-corrected chi connectivity index (χ0v) is 35.7. The van der Waals surface area contributed by atoms with E-state index in [1.807, 2.05) is 37.8 Å². The second kappa shape index (κ2) is 18.3. The lowest BCUT2D eigenvalue weighted by molar-refractivity contribution is -0.122. The molecule has 4 aromatic carbocycles. The van der Waals surface area contributed by atoms with E-state index < -0.39 is 27.9 Å². The van der Waals surface area contributed by atoms with Gasteiger partial charge in [-0.3, -0.25) is 15.0 Å². The van der Waals surface area contributed by atoms with Crippen molar-refractivity contribution in [1.29, 1.82) is 0 Å². The Bertz CT molecular complexity index is 2350. The maximum Gasteiger partial charge on any atom is 0.299 e. The summed E-state index contributed by atoms with van der Waals surface area (Å²) in [4.78, 5) is 39.0. The molecule has 2 amide bonds. The molecule has 1 aliphatic heterocycles. The number of hydrogen-bond donors (Lipinski definition) is 4. The van der Waals surface area contributed by atoms with Crippen molar-refractivity contribution in [2.24, 2.45) is 9.98 Å². The van der Waals surface area contributed by atoms with E-state index in [0.29, 0.717) is 47.8 Å². The second-order valence-electron chi connectivity index (χ2n) is 13.2. The Morgan fingerprint density at radius 3 is 2.18 bits per heavy atom. The number of hydrazine groups is 1. The second-order valence-corrected chi connectivity index (χ2v) is 16.7. The van der Waals surface area contributed by atoms with E-state index in [9.17, 15) is 23.1 Å². The van der Waals surface area contributed by atoms with Crippen LogP contribution in [0.2, 0.25) is 20.1 Å². The Balaban J connectivity index is 1.49. The van der Waals surface area contributed by atoms with Crippen molar-refractivity contribution in [3.63, 3.8) is 0 Å². The molecule has 0 saturated carbocycles. The third-order valence-electron chi connectivity index (χ3n) is 8.81. The number of phenolic OH excluding ortho intramolecular Hbond substituents is 1. The van der Waals surface area contributed by atoms with Crippen LogP contribution in [0.4, 0.5) is 28.4 Å². The van der Waals surface area contributed by atoms with Crippen molar-refractivity contribution in [2.45, 2.75) is 47.1 Å². The molecule has 1 aliphatic rings. The van der Waals surface area contributed by atoms with E-state index in [2.05, 4.69) is 15.5 Å². The number of amides is 2. The molecule has 1 atom stereocenters. The summed E-state index contributed by atoms with van der Waals surface area (Å²) >= 11 is 25.9. The van der Waals surface area contributed by atoms with E-state index in [1.54, 1.807) is 50.2 Å². The minimum atomic E-state index is -3.34. The summed E-state index contributed by atoms with van der Waals surface area (Å²) in [5.41, 5.74) is 6.78. The van der Waals surface area contributed by atoms with Gasteiger partial charge in [0.05, 0.1) is 32.7 Å². The number of rotatable bonds is 14. The van der Waals surface area contributed by atoms with Gasteiger partial charge in [0.2, 0.25) is 10.0 Å². The van der Waals surface area contributed by atoms with Gasteiger partial charge < -0.3 is 20.1 Å². The number of anilines is 3. The molecule has 5 rings (SSSR count). The number of nitrogens with one attached hydrogen (secondary N) is 3. The largest absolute Gasteiger partial charge is 0.507 e. The topological polar surface area (TPSA) is 165 Å². The molecule has 4 N–H and O–H groups in total. The molecule has 0 aliphatic carbocycles. The van der Waals surface area contributed by atoms with E-state index in [1.165, 1.54) is 12.1 Å². The Kier molecular flexibility index (Phi) is 14.0. The van der Waals surface area contributed by atoms with Gasteiger partial charge in [-0.15, -0.1) is 0 Å². The van der Waals surface area contributed by atoms with Crippen LogP contribution in [0.1, 0.15) is 37.0 Å². The summed E-state index contributed by atoms with van der Waals surface area (Å²) in [5.74, 6) is -0.450. The Morgan fingerprint density at radius 1 is 0.912 bits per heavy atom. The lowest BCUT2D eigenvalue weighted by Crippen LogP contribution is -2.36. The van der Waals surface area contributed by atoms with Crippen molar-refractivity contribution in [1.82, 2.24) is 10.1 Å². The van der Waals surface area contributed by atoms with Crippen LogP contribution < -0.4 is 30.1 Å². The number of phenols is 1. The van der Waals surface area contributed by atoms with Crippen LogP contribution in [0.3, 0.4) is 0 Å². The van der Waals surface area contributed by atoms with Crippen LogP contribution in [0.25, 0.3) is 0 Å². The van der Waals surface area contributed by atoms with Crippen LogP contribution in [-0.2, 0) is 19.6 Å². The summed E-state index contributed by atoms with van der Waals surface area (Å²) in [6.45, 7) is 10.4. The van der Waals surface area contributed by atoms with Gasteiger partial charge in [-0.05, 0) is 111 Å². The molecule has 13 nitrogen and oxygen atoms in total. The fourth-order valence-electron chi connectivity index (χ4n) is 5.91. The number of aromatic hydroxyl groups is 1. The first-order valence-corrected chi connectivity index (χ1v) is 21.1. The summed E-state index contributed by atoms with van der Waals surface area (Å²) in [5, 5.41) is 14.8. The number of amidine groups is 1. The molecule has 0 aromatic heterocycles. The summed E-state index contributed by atoms with van der Waals surface area (Å²) in [6, 6.07) is 16.4. The molecule has 0 bridgehead atoms. The number of sulfonamides is 1. The smallest absolute Gasteiger partial charge is 0.299 e. The van der Waals surface area contributed by atoms with Crippen LogP contribution in [0.15, 0.2) is 70.6 Å². The van der Waals surface area contributed by atoms with Gasteiger partial charge in [0, 0.05) is 36.0 Å². The van der Waals surface area contributed by atoms with Crippen LogP contribution in [0, 0.1) is 20.8 Å². The molecule has 0 spiro atoms. The van der Waals surface area contributed by atoms with Gasteiger partial charge in [0.25, 0.3) is 11.8 Å². The molecule has 18 heteroatoms. The normalized spacial score (nSPS) is 14.9. The average molecular weight is 878 g/mol. The Hall–Kier alpha value is -4.57. The first kappa shape index (κ1) is 43.6. The number of benzene rings is 4. The van der Waals surface area contributed by atoms with Crippen molar-refractivity contribution in [2.75, 3.05) is 41.1 Å². The predicted molar refractivity (Wildman–Crippen MR) is 231 cm³/mol. The van der Waals surface area contributed by atoms with Crippen LogP contribution in [-0.4, -0.2) is 68.9 Å². The highest BCUT2D eigenvalue weighted by molar-refractivity contribution is 7.88. The number of likely N-dealkylation sites (N-methyl/N-ethyl adjacent to an activating group) is 1. The van der Waals surface area contributed by atoms with Gasteiger partial charge in [-0.25, -0.2) is 28.1 Å². The van der Waals surface area contributed by atoms with Gasteiger partial charge in [0.15, 0.2) is 17.7 Å². The van der Waals surface area contributed by atoms with Gasteiger partial charge in [-0.1, -0.05) is 53.3 Å². The SMILES string of the molecule is CCC(Oc1cc(C)c(O)c(C)c1)C(=O)Nc1ccc(Cl)c(N=C2NN(c3c(Cl)cc(Cl)cc3Cl)C(=O)C2=Nc2ccc(N(CC)CCNS(C)(=O)=O)cc2C)c1. The van der Waals surface area contributed by atoms with Crippen molar-refractivity contribution in [3.05, 3.63) is 97.4 Å². The third kappa shape index (κ3) is 10.7. The fourth-order valence-corrected chi connectivity index (χ4v) is 7.52. The monoisotopic (exact) mass is 875 g/mol. The highest BCUT2D eigenvalue weighted by Gasteiger charge is 2.37. The van der Waals surface area contributed by atoms with E-state index in [4.69, 9.17) is 61.1 Å². The molecule has 57 heavy (non-hydrogen) atoms. The number of aryl methyl sites for hydroxylation is 3. The predicted octanol–water partition coefficient (Wildman–Crippen LogP) is 8.46. The molecule has 1 unspecified atom stereocenters. The van der Waals surface area contributed by atoms with Gasteiger partial charge >= 0.3 is 0 Å². The molecular weight excluding hydrogens is 836 g/mol. The van der Waals surface area contributed by atoms with Crippen LogP contribution >= 0.6 is 46.4 Å².